The molecule has 7 atom stereocenters. The van der Waals surface area contributed by atoms with Crippen LogP contribution in [0.3, 0.4) is 0 Å². The summed E-state index contributed by atoms with van der Waals surface area (Å²) in [6.07, 6.45) is 8.45. The van der Waals surface area contributed by atoms with Crippen LogP contribution in [0.15, 0.2) is 24.3 Å². The van der Waals surface area contributed by atoms with Gasteiger partial charge >= 0.3 is 0 Å². The second-order valence-electron chi connectivity index (χ2n) is 12.8. The second-order valence-corrected chi connectivity index (χ2v) is 12.8. The standard InChI is InChI=1S/C28H44O2/c1-18(30-26-16-20-15-24(26)23-10-8-9-22(20)23)29-21-13-11-19(12-14-21)25(28(5,6)7)17-27(2,3)4/h11-14,18,20,22-26H,8-10,15-17H2,1-7H3. The third kappa shape index (κ3) is 4.74. The molecule has 2 heteroatoms. The molecule has 0 aliphatic heterocycles. The van der Waals surface area contributed by atoms with Crippen LogP contribution in [-0.2, 0) is 4.74 Å². The molecule has 1 aromatic carbocycles. The van der Waals surface area contributed by atoms with Gasteiger partial charge < -0.3 is 9.47 Å². The molecule has 4 rings (SSSR count). The van der Waals surface area contributed by atoms with Crippen molar-refractivity contribution < 1.29 is 9.47 Å². The molecule has 0 spiro atoms. The van der Waals surface area contributed by atoms with Crippen molar-refractivity contribution in [2.75, 3.05) is 0 Å². The first kappa shape index (κ1) is 22.2. The maximum atomic E-state index is 6.43. The second kappa shape index (κ2) is 8.15. The van der Waals surface area contributed by atoms with Crippen LogP contribution in [0, 0.1) is 34.5 Å². The van der Waals surface area contributed by atoms with E-state index in [0.29, 0.717) is 17.4 Å². The molecule has 3 aliphatic rings. The highest BCUT2D eigenvalue weighted by Crippen LogP contribution is 2.59. The highest BCUT2D eigenvalue weighted by Gasteiger charge is 2.54. The summed E-state index contributed by atoms with van der Waals surface area (Å²) in [5, 5.41) is 0. The molecule has 0 radical (unpaired) electrons. The van der Waals surface area contributed by atoms with Gasteiger partial charge in [0.15, 0.2) is 6.29 Å². The zero-order valence-electron chi connectivity index (χ0n) is 20.4. The average Bonchev–Trinajstić information content (AvgIpc) is 3.32. The number of fused-ring (bicyclic) bond motifs is 5. The van der Waals surface area contributed by atoms with E-state index in [1.165, 1.54) is 44.1 Å². The molecule has 7 unspecified atom stereocenters. The Balaban J connectivity index is 1.35. The topological polar surface area (TPSA) is 18.5 Å². The highest BCUT2D eigenvalue weighted by atomic mass is 16.7. The Bertz CT molecular complexity index is 708. The lowest BCUT2D eigenvalue weighted by molar-refractivity contribution is -0.132. The van der Waals surface area contributed by atoms with Crippen LogP contribution in [0.4, 0.5) is 0 Å². The van der Waals surface area contributed by atoms with Crippen molar-refractivity contribution in [1.29, 1.82) is 0 Å². The van der Waals surface area contributed by atoms with Crippen LogP contribution in [0.2, 0.25) is 0 Å². The lowest BCUT2D eigenvalue weighted by Gasteiger charge is -2.36. The third-order valence-electron chi connectivity index (χ3n) is 8.18. The Hall–Kier alpha value is -1.02. The van der Waals surface area contributed by atoms with E-state index < -0.39 is 0 Å². The first-order valence-electron chi connectivity index (χ1n) is 12.4. The SMILES string of the molecule is CC(Oc1ccc(C(CC(C)(C)C)C(C)(C)C)cc1)OC1CC2CC1C1CCCC21. The Morgan fingerprint density at radius 2 is 1.57 bits per heavy atom. The minimum absolute atomic E-state index is 0.173. The van der Waals surface area contributed by atoms with Crippen molar-refractivity contribution in [1.82, 2.24) is 0 Å². The van der Waals surface area contributed by atoms with Crippen molar-refractivity contribution >= 4 is 0 Å². The van der Waals surface area contributed by atoms with Crippen LogP contribution in [0.5, 0.6) is 5.75 Å². The number of ether oxygens (including phenoxy) is 2. The lowest BCUT2D eigenvalue weighted by Crippen LogP contribution is -2.34. The molecule has 30 heavy (non-hydrogen) atoms. The van der Waals surface area contributed by atoms with Crippen molar-refractivity contribution in [2.45, 2.75) is 105 Å². The average molecular weight is 413 g/mol. The van der Waals surface area contributed by atoms with Gasteiger partial charge in [-0.05, 0) is 97.1 Å². The summed E-state index contributed by atoms with van der Waals surface area (Å²) in [5.74, 6) is 5.14. The van der Waals surface area contributed by atoms with Crippen molar-refractivity contribution in [2.24, 2.45) is 34.5 Å². The third-order valence-corrected chi connectivity index (χ3v) is 8.18. The van der Waals surface area contributed by atoms with E-state index >= 15 is 0 Å². The molecule has 3 fully saturated rings. The summed E-state index contributed by atoms with van der Waals surface area (Å²) in [4.78, 5) is 0. The Kier molecular flexibility index (Phi) is 6.03. The molecule has 168 valence electrons. The maximum Gasteiger partial charge on any atom is 0.197 e. The smallest absolute Gasteiger partial charge is 0.197 e. The summed E-state index contributed by atoms with van der Waals surface area (Å²) < 4.78 is 12.6. The number of hydrogen-bond acceptors (Lipinski definition) is 2. The Labute approximate surface area is 185 Å². The van der Waals surface area contributed by atoms with Crippen molar-refractivity contribution in [3.8, 4) is 5.75 Å². The van der Waals surface area contributed by atoms with Crippen LogP contribution in [0.25, 0.3) is 0 Å². The Morgan fingerprint density at radius 3 is 2.20 bits per heavy atom. The predicted octanol–water partition coefficient (Wildman–Crippen LogP) is 7.82. The van der Waals surface area contributed by atoms with Gasteiger partial charge in [-0.15, -0.1) is 0 Å². The van der Waals surface area contributed by atoms with Crippen molar-refractivity contribution in [3.63, 3.8) is 0 Å². The van der Waals surface area contributed by atoms with E-state index in [1.807, 2.05) is 0 Å². The number of hydrogen-bond donors (Lipinski definition) is 0. The van der Waals surface area contributed by atoms with Gasteiger partial charge in [-0.1, -0.05) is 60.1 Å². The normalized spacial score (nSPS) is 32.8. The van der Waals surface area contributed by atoms with Gasteiger partial charge in [0.05, 0.1) is 6.10 Å². The quantitative estimate of drug-likeness (QED) is 0.443. The molecule has 0 amide bonds. The van der Waals surface area contributed by atoms with Gasteiger partial charge in [0.2, 0.25) is 0 Å². The van der Waals surface area contributed by atoms with Gasteiger partial charge in [0.25, 0.3) is 0 Å². The van der Waals surface area contributed by atoms with Gasteiger partial charge in [-0.3, -0.25) is 0 Å². The van der Waals surface area contributed by atoms with E-state index in [1.54, 1.807) is 0 Å². The predicted molar refractivity (Wildman–Crippen MR) is 125 cm³/mol. The van der Waals surface area contributed by atoms with Crippen LogP contribution >= 0.6 is 0 Å². The maximum absolute atomic E-state index is 6.43. The summed E-state index contributed by atoms with van der Waals surface area (Å²) >= 11 is 0. The summed E-state index contributed by atoms with van der Waals surface area (Å²) in [6.45, 7) is 16.2. The zero-order valence-corrected chi connectivity index (χ0v) is 20.4. The molecule has 2 nitrogen and oxygen atoms in total. The minimum atomic E-state index is -0.173. The van der Waals surface area contributed by atoms with Crippen molar-refractivity contribution in [3.05, 3.63) is 29.8 Å². The summed E-state index contributed by atoms with van der Waals surface area (Å²) in [7, 11) is 0. The Morgan fingerprint density at radius 1 is 0.900 bits per heavy atom. The van der Waals surface area contributed by atoms with Crippen LogP contribution < -0.4 is 4.74 Å². The fourth-order valence-corrected chi connectivity index (χ4v) is 6.94. The van der Waals surface area contributed by atoms with Gasteiger partial charge in [0.1, 0.15) is 5.75 Å². The largest absolute Gasteiger partial charge is 0.465 e. The van der Waals surface area contributed by atoms with Crippen LogP contribution in [-0.4, -0.2) is 12.4 Å². The number of rotatable bonds is 6. The van der Waals surface area contributed by atoms with Gasteiger partial charge in [0, 0.05) is 0 Å². The molecule has 0 N–H and O–H groups in total. The highest BCUT2D eigenvalue weighted by molar-refractivity contribution is 5.30. The minimum Gasteiger partial charge on any atom is -0.465 e. The molecular formula is C28H44O2. The molecule has 1 aromatic rings. The van der Waals surface area contributed by atoms with Gasteiger partial charge in [-0.2, -0.15) is 0 Å². The molecule has 3 aliphatic carbocycles. The van der Waals surface area contributed by atoms with E-state index in [-0.39, 0.29) is 11.7 Å². The lowest BCUT2D eigenvalue weighted by atomic mass is 9.69. The molecule has 0 saturated heterocycles. The molecule has 0 aromatic heterocycles. The van der Waals surface area contributed by atoms with Gasteiger partial charge in [-0.25, -0.2) is 0 Å². The van der Waals surface area contributed by atoms with E-state index in [4.69, 9.17) is 9.47 Å². The molecule has 0 heterocycles. The zero-order chi connectivity index (χ0) is 21.7. The molecular weight excluding hydrogens is 368 g/mol. The molecule has 3 saturated carbocycles. The first-order chi connectivity index (χ1) is 14.0. The first-order valence-corrected chi connectivity index (χ1v) is 12.4. The summed E-state index contributed by atoms with van der Waals surface area (Å²) in [6, 6.07) is 8.82. The molecule has 2 bridgehead atoms. The number of benzene rings is 1. The van der Waals surface area contributed by atoms with E-state index in [2.05, 4.69) is 72.7 Å². The van der Waals surface area contributed by atoms with E-state index in [9.17, 15) is 0 Å². The van der Waals surface area contributed by atoms with E-state index in [0.717, 1.165) is 29.4 Å². The van der Waals surface area contributed by atoms with Crippen LogP contribution in [0.1, 0.15) is 98.5 Å². The summed E-state index contributed by atoms with van der Waals surface area (Å²) in [5.41, 5.74) is 1.97. The monoisotopic (exact) mass is 412 g/mol. The fourth-order valence-electron chi connectivity index (χ4n) is 6.94. The fraction of sp³-hybridized carbons (Fsp3) is 0.786.